The van der Waals surface area contributed by atoms with Gasteiger partial charge in [-0.15, -0.1) is 0 Å². The number of nitrogens with two attached hydrogens (primary N) is 1. The maximum atomic E-state index is 12.1. The maximum absolute atomic E-state index is 12.1. The normalized spacial score (nSPS) is 10.8. The number of hydrogen-bond acceptors (Lipinski definition) is 3. The number of benzene rings is 1. The number of pyridine rings is 1. The molecule has 1 heterocycles. The van der Waals surface area contributed by atoms with Gasteiger partial charge in [-0.25, -0.2) is 0 Å². The first-order valence-corrected chi connectivity index (χ1v) is 5.26. The Labute approximate surface area is 93.7 Å². The summed E-state index contributed by atoms with van der Waals surface area (Å²) in [7, 11) is 1.87. The zero-order chi connectivity index (χ0) is 11.5. The molecule has 1 aromatic carbocycles. The quantitative estimate of drug-likeness (QED) is 0.748. The number of hydrogen-bond donors (Lipinski definition) is 2. The van der Waals surface area contributed by atoms with Crippen molar-refractivity contribution in [1.82, 2.24) is 9.88 Å². The largest absolute Gasteiger partial charge is 0.398 e. The fourth-order valence-corrected chi connectivity index (χ4v) is 1.75. The van der Waals surface area contributed by atoms with Crippen LogP contribution in [0.5, 0.6) is 0 Å². The third-order valence-electron chi connectivity index (χ3n) is 2.65. The van der Waals surface area contributed by atoms with E-state index in [-0.39, 0.29) is 5.56 Å². The summed E-state index contributed by atoms with van der Waals surface area (Å²) >= 11 is 0. The molecule has 0 fully saturated rings. The zero-order valence-electron chi connectivity index (χ0n) is 9.23. The van der Waals surface area contributed by atoms with E-state index in [0.29, 0.717) is 17.6 Å². The van der Waals surface area contributed by atoms with Crippen LogP contribution in [0.3, 0.4) is 0 Å². The summed E-state index contributed by atoms with van der Waals surface area (Å²) < 4.78 is 1.69. The molecule has 3 N–H and O–H groups in total. The van der Waals surface area contributed by atoms with Crippen LogP contribution < -0.4 is 16.6 Å². The van der Waals surface area contributed by atoms with Crippen molar-refractivity contribution in [2.24, 2.45) is 0 Å². The van der Waals surface area contributed by atoms with Crippen molar-refractivity contribution in [2.75, 3.05) is 19.3 Å². The molecule has 0 saturated heterocycles. The molecule has 0 unspecified atom stereocenters. The van der Waals surface area contributed by atoms with Crippen LogP contribution in [0.4, 0.5) is 5.69 Å². The highest BCUT2D eigenvalue weighted by molar-refractivity contribution is 5.91. The van der Waals surface area contributed by atoms with Crippen molar-refractivity contribution >= 4 is 16.5 Å². The first-order valence-electron chi connectivity index (χ1n) is 5.26. The van der Waals surface area contributed by atoms with Crippen LogP contribution in [0.1, 0.15) is 0 Å². The van der Waals surface area contributed by atoms with Crippen LogP contribution in [0.2, 0.25) is 0 Å². The second-order valence-electron chi connectivity index (χ2n) is 3.73. The summed E-state index contributed by atoms with van der Waals surface area (Å²) in [4.78, 5) is 12.1. The summed E-state index contributed by atoms with van der Waals surface area (Å²) in [6.07, 6.45) is 1.79. The lowest BCUT2D eigenvalue weighted by molar-refractivity contribution is 0.630. The smallest absolute Gasteiger partial charge is 0.258 e. The molecule has 16 heavy (non-hydrogen) atoms. The Bertz CT molecular complexity index is 560. The Morgan fingerprint density at radius 1 is 1.31 bits per heavy atom. The number of fused-ring (bicyclic) bond motifs is 1. The first-order chi connectivity index (χ1) is 7.74. The van der Waals surface area contributed by atoms with E-state index in [9.17, 15) is 4.79 Å². The lowest BCUT2D eigenvalue weighted by Crippen LogP contribution is -2.25. The Morgan fingerprint density at radius 3 is 2.88 bits per heavy atom. The molecule has 2 rings (SSSR count). The van der Waals surface area contributed by atoms with Crippen molar-refractivity contribution in [3.63, 3.8) is 0 Å². The Hall–Kier alpha value is -1.81. The first kappa shape index (κ1) is 10.7. The lowest BCUT2D eigenvalue weighted by Gasteiger charge is -2.07. The fraction of sp³-hybridized carbons (Fsp3) is 0.250. The molecule has 2 aromatic rings. The van der Waals surface area contributed by atoms with Crippen LogP contribution in [-0.2, 0) is 6.54 Å². The highest BCUT2D eigenvalue weighted by Gasteiger charge is 2.03. The lowest BCUT2D eigenvalue weighted by atomic mass is 10.1. The van der Waals surface area contributed by atoms with Crippen LogP contribution in [0.25, 0.3) is 10.8 Å². The molecule has 0 bridgehead atoms. The molecule has 0 saturated carbocycles. The average Bonchev–Trinajstić information content (AvgIpc) is 2.29. The van der Waals surface area contributed by atoms with Crippen LogP contribution in [0, 0.1) is 0 Å². The number of aromatic nitrogens is 1. The van der Waals surface area contributed by atoms with Crippen molar-refractivity contribution in [3.8, 4) is 0 Å². The maximum Gasteiger partial charge on any atom is 0.258 e. The van der Waals surface area contributed by atoms with Gasteiger partial charge in [-0.1, -0.05) is 6.07 Å². The highest BCUT2D eigenvalue weighted by Crippen LogP contribution is 2.16. The van der Waals surface area contributed by atoms with E-state index in [4.69, 9.17) is 5.73 Å². The zero-order valence-corrected chi connectivity index (χ0v) is 9.23. The molecular formula is C12H15N3O. The Balaban J connectivity index is 2.57. The summed E-state index contributed by atoms with van der Waals surface area (Å²) in [5, 5.41) is 4.52. The van der Waals surface area contributed by atoms with Crippen molar-refractivity contribution in [3.05, 3.63) is 40.8 Å². The topological polar surface area (TPSA) is 60.1 Å². The molecule has 0 radical (unpaired) electrons. The van der Waals surface area contributed by atoms with Gasteiger partial charge in [0.05, 0.1) is 0 Å². The van der Waals surface area contributed by atoms with Crippen LogP contribution >= 0.6 is 0 Å². The minimum absolute atomic E-state index is 0.0139. The van der Waals surface area contributed by atoms with Crippen molar-refractivity contribution in [2.45, 2.75) is 6.54 Å². The van der Waals surface area contributed by atoms with Gasteiger partial charge in [-0.05, 0) is 25.2 Å². The molecule has 0 amide bonds. The van der Waals surface area contributed by atoms with Crippen LogP contribution in [-0.4, -0.2) is 18.2 Å². The van der Waals surface area contributed by atoms with Gasteiger partial charge in [0.25, 0.3) is 5.56 Å². The third kappa shape index (κ3) is 1.79. The summed E-state index contributed by atoms with van der Waals surface area (Å²) in [6.45, 7) is 1.44. The standard InChI is InChI=1S/C12H15N3O/c1-14-6-8-15-7-5-9-10(12(15)16)3-2-4-11(9)13/h2-5,7,14H,6,8,13H2,1H3. The van der Waals surface area contributed by atoms with Gasteiger partial charge in [-0.2, -0.15) is 0 Å². The summed E-state index contributed by atoms with van der Waals surface area (Å²) in [6, 6.07) is 7.31. The number of nitrogens with one attached hydrogen (secondary N) is 1. The van der Waals surface area contributed by atoms with Gasteiger partial charge >= 0.3 is 0 Å². The number of likely N-dealkylation sites (N-methyl/N-ethyl adjacent to an activating group) is 1. The average molecular weight is 217 g/mol. The third-order valence-corrected chi connectivity index (χ3v) is 2.65. The monoisotopic (exact) mass is 217 g/mol. The Morgan fingerprint density at radius 2 is 2.12 bits per heavy atom. The predicted octanol–water partition coefficient (Wildman–Crippen LogP) is 0.803. The molecule has 0 spiro atoms. The summed E-state index contributed by atoms with van der Waals surface area (Å²) in [5.74, 6) is 0. The molecular weight excluding hydrogens is 202 g/mol. The van der Waals surface area contributed by atoms with Gasteiger partial charge in [0, 0.05) is 35.7 Å². The number of nitrogens with zero attached hydrogens (tertiary/aromatic N) is 1. The molecule has 0 atom stereocenters. The summed E-state index contributed by atoms with van der Waals surface area (Å²) in [5.41, 5.74) is 6.48. The van der Waals surface area contributed by atoms with Gasteiger partial charge in [-0.3, -0.25) is 4.79 Å². The molecule has 4 heteroatoms. The SMILES string of the molecule is CNCCn1ccc2c(N)cccc2c1=O. The van der Waals surface area contributed by atoms with E-state index in [2.05, 4.69) is 5.32 Å². The van der Waals surface area contributed by atoms with E-state index in [1.54, 1.807) is 16.8 Å². The molecule has 4 nitrogen and oxygen atoms in total. The predicted molar refractivity (Wildman–Crippen MR) is 66.5 cm³/mol. The molecule has 0 aliphatic carbocycles. The van der Waals surface area contributed by atoms with E-state index in [1.165, 1.54) is 0 Å². The number of rotatable bonds is 3. The van der Waals surface area contributed by atoms with E-state index >= 15 is 0 Å². The van der Waals surface area contributed by atoms with Crippen LogP contribution in [0.15, 0.2) is 35.3 Å². The van der Waals surface area contributed by atoms with E-state index < -0.39 is 0 Å². The Kier molecular flexibility index (Phi) is 2.92. The second kappa shape index (κ2) is 4.37. The second-order valence-corrected chi connectivity index (χ2v) is 3.73. The fourth-order valence-electron chi connectivity index (χ4n) is 1.75. The molecule has 1 aromatic heterocycles. The van der Waals surface area contributed by atoms with Crippen molar-refractivity contribution in [1.29, 1.82) is 0 Å². The van der Waals surface area contributed by atoms with Gasteiger partial charge < -0.3 is 15.6 Å². The highest BCUT2D eigenvalue weighted by atomic mass is 16.1. The van der Waals surface area contributed by atoms with Gasteiger partial charge in [0.1, 0.15) is 0 Å². The van der Waals surface area contributed by atoms with E-state index in [1.807, 2.05) is 25.2 Å². The number of nitrogen functional groups attached to an aromatic ring is 1. The minimum atomic E-state index is 0.0139. The van der Waals surface area contributed by atoms with Gasteiger partial charge in [0.2, 0.25) is 0 Å². The van der Waals surface area contributed by atoms with Crippen molar-refractivity contribution < 1.29 is 0 Å². The molecule has 0 aliphatic heterocycles. The molecule has 0 aliphatic rings. The van der Waals surface area contributed by atoms with E-state index in [0.717, 1.165) is 11.9 Å². The van der Waals surface area contributed by atoms with Gasteiger partial charge in [0.15, 0.2) is 0 Å². The molecule has 84 valence electrons. The number of anilines is 1. The minimum Gasteiger partial charge on any atom is -0.398 e.